The number of ether oxygens (including phenoxy) is 1. The zero-order valence-corrected chi connectivity index (χ0v) is 18.3. The van der Waals surface area contributed by atoms with Gasteiger partial charge in [0, 0.05) is 11.3 Å². The molecule has 0 fully saturated rings. The molecule has 7 heteroatoms. The van der Waals surface area contributed by atoms with Crippen LogP contribution in [0.5, 0.6) is 5.75 Å². The van der Waals surface area contributed by atoms with Crippen molar-refractivity contribution in [3.8, 4) is 11.4 Å². The second kappa shape index (κ2) is 8.78. The summed E-state index contributed by atoms with van der Waals surface area (Å²) in [4.78, 5) is 14.2. The first-order valence-corrected chi connectivity index (χ1v) is 10.5. The van der Waals surface area contributed by atoms with Crippen molar-refractivity contribution in [3.63, 3.8) is 0 Å². The lowest BCUT2D eigenvalue weighted by atomic mass is 10.0. The van der Waals surface area contributed by atoms with Gasteiger partial charge in [0.2, 0.25) is 0 Å². The number of rotatable bonds is 6. The SMILES string of the molecule is CCOc1ccc(C(=O)Nc2ccc3nn(-c4ccc(C(C)C)cc4)nc3c2)cc1Cl. The van der Waals surface area contributed by atoms with Crippen molar-refractivity contribution < 1.29 is 9.53 Å². The number of carbonyl (C=O) groups is 1. The molecular formula is C24H23ClN4O2. The molecule has 4 rings (SSSR count). The van der Waals surface area contributed by atoms with Gasteiger partial charge in [-0.2, -0.15) is 4.80 Å². The van der Waals surface area contributed by atoms with Crippen LogP contribution in [0.25, 0.3) is 16.7 Å². The summed E-state index contributed by atoms with van der Waals surface area (Å²) in [5.74, 6) is 0.760. The zero-order chi connectivity index (χ0) is 22.0. The van der Waals surface area contributed by atoms with E-state index in [1.807, 2.05) is 25.1 Å². The largest absolute Gasteiger partial charge is 0.492 e. The summed E-state index contributed by atoms with van der Waals surface area (Å²) in [6.45, 7) is 6.71. The zero-order valence-electron chi connectivity index (χ0n) is 17.6. The number of anilines is 1. The molecule has 0 saturated heterocycles. The van der Waals surface area contributed by atoms with Crippen LogP contribution < -0.4 is 10.1 Å². The summed E-state index contributed by atoms with van der Waals surface area (Å²) in [6, 6.07) is 18.6. The van der Waals surface area contributed by atoms with Gasteiger partial charge in [0.15, 0.2) is 0 Å². The molecule has 4 aromatic rings. The van der Waals surface area contributed by atoms with E-state index in [9.17, 15) is 4.79 Å². The van der Waals surface area contributed by atoms with Crippen LogP contribution in [0.15, 0.2) is 60.7 Å². The second-order valence-corrected chi connectivity index (χ2v) is 7.88. The number of fused-ring (bicyclic) bond motifs is 1. The standard InChI is InChI=1S/C24H23ClN4O2/c1-4-31-23-12-7-17(13-20(23)25)24(30)26-18-8-11-21-22(14-18)28-29(27-21)19-9-5-16(6-10-19)15(2)3/h5-15H,4H2,1-3H3,(H,26,30). The van der Waals surface area contributed by atoms with Gasteiger partial charge in [-0.15, -0.1) is 10.2 Å². The van der Waals surface area contributed by atoms with E-state index in [0.29, 0.717) is 40.1 Å². The van der Waals surface area contributed by atoms with Crippen LogP contribution in [-0.4, -0.2) is 27.5 Å². The van der Waals surface area contributed by atoms with E-state index >= 15 is 0 Å². The van der Waals surface area contributed by atoms with Gasteiger partial charge < -0.3 is 10.1 Å². The van der Waals surface area contributed by atoms with E-state index in [1.165, 1.54) is 5.56 Å². The first-order valence-electron chi connectivity index (χ1n) is 10.2. The van der Waals surface area contributed by atoms with Crippen LogP contribution >= 0.6 is 11.6 Å². The smallest absolute Gasteiger partial charge is 0.255 e. The van der Waals surface area contributed by atoms with E-state index in [2.05, 4.69) is 41.5 Å². The molecule has 1 heterocycles. The molecule has 0 unspecified atom stereocenters. The van der Waals surface area contributed by atoms with Crippen molar-refractivity contribution in [1.29, 1.82) is 0 Å². The second-order valence-electron chi connectivity index (χ2n) is 7.47. The molecule has 0 saturated carbocycles. The average molecular weight is 435 g/mol. The van der Waals surface area contributed by atoms with Crippen molar-refractivity contribution in [2.24, 2.45) is 0 Å². The Kier molecular flexibility index (Phi) is 5.91. The molecule has 3 aromatic carbocycles. The third-order valence-electron chi connectivity index (χ3n) is 4.92. The van der Waals surface area contributed by atoms with E-state index < -0.39 is 0 Å². The topological polar surface area (TPSA) is 69.0 Å². The Morgan fingerprint density at radius 1 is 1.03 bits per heavy atom. The van der Waals surface area contributed by atoms with Crippen LogP contribution in [0, 0.1) is 0 Å². The highest BCUT2D eigenvalue weighted by molar-refractivity contribution is 6.32. The Hall–Kier alpha value is -3.38. The fourth-order valence-corrected chi connectivity index (χ4v) is 3.45. The molecule has 1 aromatic heterocycles. The first-order chi connectivity index (χ1) is 14.9. The van der Waals surface area contributed by atoms with Crippen LogP contribution in [-0.2, 0) is 0 Å². The Morgan fingerprint density at radius 2 is 1.77 bits per heavy atom. The van der Waals surface area contributed by atoms with Gasteiger partial charge in [-0.3, -0.25) is 4.79 Å². The van der Waals surface area contributed by atoms with Crippen LogP contribution in [0.3, 0.4) is 0 Å². The number of benzene rings is 3. The quantitative estimate of drug-likeness (QED) is 0.413. The predicted molar refractivity (Wildman–Crippen MR) is 124 cm³/mol. The molecule has 0 spiro atoms. The fourth-order valence-electron chi connectivity index (χ4n) is 3.22. The van der Waals surface area contributed by atoms with E-state index in [1.54, 1.807) is 35.1 Å². The minimum atomic E-state index is -0.263. The van der Waals surface area contributed by atoms with Crippen LogP contribution in [0.1, 0.15) is 42.6 Å². The van der Waals surface area contributed by atoms with Gasteiger partial charge in [0.1, 0.15) is 16.8 Å². The maximum atomic E-state index is 12.6. The number of nitrogens with one attached hydrogen (secondary N) is 1. The maximum absolute atomic E-state index is 12.6. The highest BCUT2D eigenvalue weighted by atomic mass is 35.5. The lowest BCUT2D eigenvalue weighted by Gasteiger charge is -2.08. The number of amides is 1. The molecule has 1 amide bonds. The van der Waals surface area contributed by atoms with Crippen molar-refractivity contribution >= 4 is 34.2 Å². The molecule has 6 nitrogen and oxygen atoms in total. The van der Waals surface area contributed by atoms with E-state index in [-0.39, 0.29) is 5.91 Å². The molecule has 0 aliphatic rings. The van der Waals surface area contributed by atoms with Crippen molar-refractivity contribution in [1.82, 2.24) is 15.0 Å². The maximum Gasteiger partial charge on any atom is 0.255 e. The molecule has 1 N–H and O–H groups in total. The molecule has 0 aliphatic carbocycles. The summed E-state index contributed by atoms with van der Waals surface area (Å²) in [5.41, 5.74) is 4.66. The number of nitrogens with zero attached hydrogens (tertiary/aromatic N) is 3. The van der Waals surface area contributed by atoms with Gasteiger partial charge >= 0.3 is 0 Å². The van der Waals surface area contributed by atoms with Crippen LogP contribution in [0.2, 0.25) is 5.02 Å². The summed E-state index contributed by atoms with van der Waals surface area (Å²) < 4.78 is 5.41. The Balaban J connectivity index is 1.54. The number of hydrogen-bond acceptors (Lipinski definition) is 4. The first kappa shape index (κ1) is 20.9. The minimum Gasteiger partial charge on any atom is -0.492 e. The average Bonchev–Trinajstić information content (AvgIpc) is 3.18. The molecule has 0 atom stereocenters. The third kappa shape index (κ3) is 4.54. The summed E-state index contributed by atoms with van der Waals surface area (Å²) in [7, 11) is 0. The summed E-state index contributed by atoms with van der Waals surface area (Å²) in [5, 5.41) is 12.4. The lowest BCUT2D eigenvalue weighted by molar-refractivity contribution is 0.102. The highest BCUT2D eigenvalue weighted by Crippen LogP contribution is 2.26. The van der Waals surface area contributed by atoms with E-state index in [4.69, 9.17) is 16.3 Å². The number of aromatic nitrogens is 3. The van der Waals surface area contributed by atoms with Crippen molar-refractivity contribution in [2.75, 3.05) is 11.9 Å². The van der Waals surface area contributed by atoms with Crippen molar-refractivity contribution in [2.45, 2.75) is 26.7 Å². The van der Waals surface area contributed by atoms with E-state index in [0.717, 1.165) is 11.2 Å². The highest BCUT2D eigenvalue weighted by Gasteiger charge is 2.12. The molecule has 31 heavy (non-hydrogen) atoms. The van der Waals surface area contributed by atoms with Gasteiger partial charge in [-0.05, 0) is 66.9 Å². The lowest BCUT2D eigenvalue weighted by Crippen LogP contribution is -2.11. The third-order valence-corrected chi connectivity index (χ3v) is 5.22. The molecule has 0 radical (unpaired) electrons. The van der Waals surface area contributed by atoms with Gasteiger partial charge in [-0.1, -0.05) is 37.6 Å². The Morgan fingerprint density at radius 3 is 2.45 bits per heavy atom. The summed E-state index contributed by atoms with van der Waals surface area (Å²) in [6.07, 6.45) is 0. The predicted octanol–water partition coefficient (Wildman–Crippen LogP) is 5.85. The molecular weight excluding hydrogens is 412 g/mol. The Labute approximate surface area is 185 Å². The monoisotopic (exact) mass is 434 g/mol. The summed E-state index contributed by atoms with van der Waals surface area (Å²) >= 11 is 6.20. The molecule has 0 aliphatic heterocycles. The molecule has 158 valence electrons. The fraction of sp³-hybridized carbons (Fsp3) is 0.208. The van der Waals surface area contributed by atoms with Crippen molar-refractivity contribution in [3.05, 3.63) is 76.8 Å². The minimum absolute atomic E-state index is 0.263. The van der Waals surface area contributed by atoms with Crippen LogP contribution in [0.4, 0.5) is 5.69 Å². The van der Waals surface area contributed by atoms with Gasteiger partial charge in [-0.25, -0.2) is 0 Å². The normalized spacial score (nSPS) is 11.1. The number of halogens is 1. The van der Waals surface area contributed by atoms with Gasteiger partial charge in [0.25, 0.3) is 5.91 Å². The number of carbonyl (C=O) groups excluding carboxylic acids is 1. The van der Waals surface area contributed by atoms with Gasteiger partial charge in [0.05, 0.1) is 17.3 Å². The Bertz CT molecular complexity index is 1230. The molecule has 0 bridgehead atoms. The number of hydrogen-bond donors (Lipinski definition) is 1.